The van der Waals surface area contributed by atoms with Gasteiger partial charge in [0.15, 0.2) is 11.6 Å². The number of hydrogen-bond donors (Lipinski definition) is 3. The molecule has 0 aromatic heterocycles. The van der Waals surface area contributed by atoms with Crippen molar-refractivity contribution < 1.29 is 29.6 Å². The minimum absolute atomic E-state index is 0.0849. The first-order valence-electron chi connectivity index (χ1n) is 7.47. The molecule has 0 atom stereocenters. The highest BCUT2D eigenvalue weighted by Gasteiger charge is 2.35. The topological polar surface area (TPSA) is 104 Å². The molecule has 0 amide bonds. The summed E-state index contributed by atoms with van der Waals surface area (Å²) in [6.45, 7) is 0. The molecule has 0 fully saturated rings. The lowest BCUT2D eigenvalue weighted by atomic mass is 9.82. The largest absolute Gasteiger partial charge is 0.453 e. The van der Waals surface area contributed by atoms with Crippen molar-refractivity contribution in [1.82, 2.24) is 0 Å². The van der Waals surface area contributed by atoms with Crippen LogP contribution in [0.25, 0.3) is 10.8 Å². The number of ether oxygens (including phenoxy) is 1. The molecule has 0 heterocycles. The Labute approximate surface area is 141 Å². The Morgan fingerprint density at radius 3 is 2.04 bits per heavy atom. The third kappa shape index (κ3) is 2.40. The molecular formula is C19H12O6. The zero-order valence-corrected chi connectivity index (χ0v) is 12.8. The standard InChI is InChI=1S/C19H12O6/c20-16-12-7-3-4-8-13(12)17(21)15-14(16)9-10-5-1-2-6-11(10)18(15)25-19(22,23)24/h1-9,22-24H. The summed E-state index contributed by atoms with van der Waals surface area (Å²) in [5.74, 6) is -1.12. The molecule has 1 aliphatic rings. The van der Waals surface area contributed by atoms with E-state index in [0.717, 1.165) is 0 Å². The predicted molar refractivity (Wildman–Crippen MR) is 87.3 cm³/mol. The number of fused-ring (bicyclic) bond motifs is 3. The van der Waals surface area contributed by atoms with Crippen LogP contribution in [0, 0.1) is 0 Å². The Hall–Kier alpha value is -3.06. The average molecular weight is 336 g/mol. The highest BCUT2D eigenvalue weighted by Crippen LogP contribution is 2.39. The van der Waals surface area contributed by atoms with Crippen LogP contribution in [0.5, 0.6) is 5.75 Å². The number of ketones is 2. The highest BCUT2D eigenvalue weighted by molar-refractivity contribution is 6.31. The van der Waals surface area contributed by atoms with Crippen molar-refractivity contribution in [1.29, 1.82) is 0 Å². The van der Waals surface area contributed by atoms with Gasteiger partial charge in [-0.05, 0) is 11.5 Å². The molecular weight excluding hydrogens is 324 g/mol. The fraction of sp³-hybridized carbons (Fsp3) is 0.0526. The molecule has 0 spiro atoms. The van der Waals surface area contributed by atoms with E-state index in [0.29, 0.717) is 10.8 Å². The smallest absolute Gasteiger partial charge is 0.415 e. The third-order valence-corrected chi connectivity index (χ3v) is 4.13. The molecule has 6 nitrogen and oxygen atoms in total. The van der Waals surface area contributed by atoms with Crippen LogP contribution in [0.3, 0.4) is 0 Å². The van der Waals surface area contributed by atoms with Gasteiger partial charge in [-0.2, -0.15) is 0 Å². The molecule has 6 heteroatoms. The second-order valence-electron chi connectivity index (χ2n) is 5.73. The zero-order valence-electron chi connectivity index (χ0n) is 12.8. The first-order chi connectivity index (χ1) is 11.9. The maximum Gasteiger partial charge on any atom is 0.453 e. The molecule has 0 saturated heterocycles. The van der Waals surface area contributed by atoms with Crippen LogP contribution in [0.4, 0.5) is 0 Å². The summed E-state index contributed by atoms with van der Waals surface area (Å²) in [5.41, 5.74) is 0.439. The molecule has 4 rings (SSSR count). The van der Waals surface area contributed by atoms with E-state index in [1.54, 1.807) is 48.5 Å². The van der Waals surface area contributed by atoms with Crippen molar-refractivity contribution in [2.75, 3.05) is 0 Å². The minimum Gasteiger partial charge on any atom is -0.415 e. The Bertz CT molecular complexity index is 1050. The molecule has 1 aliphatic carbocycles. The summed E-state index contributed by atoms with van der Waals surface area (Å²) in [5, 5.41) is 28.7. The lowest BCUT2D eigenvalue weighted by molar-refractivity contribution is -0.419. The van der Waals surface area contributed by atoms with E-state index in [2.05, 4.69) is 0 Å². The number of rotatable bonds is 2. The molecule has 0 saturated carbocycles. The van der Waals surface area contributed by atoms with Gasteiger partial charge in [0, 0.05) is 22.1 Å². The Kier molecular flexibility index (Phi) is 3.23. The van der Waals surface area contributed by atoms with Crippen LogP contribution in [0.1, 0.15) is 31.8 Å². The van der Waals surface area contributed by atoms with Gasteiger partial charge < -0.3 is 20.1 Å². The van der Waals surface area contributed by atoms with Gasteiger partial charge in [-0.3, -0.25) is 9.59 Å². The van der Waals surface area contributed by atoms with E-state index in [1.165, 1.54) is 6.07 Å². The lowest BCUT2D eigenvalue weighted by Crippen LogP contribution is -2.36. The third-order valence-electron chi connectivity index (χ3n) is 4.13. The predicted octanol–water partition coefficient (Wildman–Crippen LogP) is 1.58. The van der Waals surface area contributed by atoms with Crippen molar-refractivity contribution in [3.63, 3.8) is 0 Å². The monoisotopic (exact) mass is 336 g/mol. The second kappa shape index (κ2) is 5.22. The molecule has 3 N–H and O–H groups in total. The van der Waals surface area contributed by atoms with Crippen LogP contribution in [-0.4, -0.2) is 33.0 Å². The normalized spacial score (nSPS) is 13.6. The van der Waals surface area contributed by atoms with Crippen LogP contribution in [0.2, 0.25) is 0 Å². The Morgan fingerprint density at radius 2 is 1.36 bits per heavy atom. The Morgan fingerprint density at radius 1 is 0.760 bits per heavy atom. The first kappa shape index (κ1) is 15.5. The Balaban J connectivity index is 2.09. The van der Waals surface area contributed by atoms with E-state index < -0.39 is 11.9 Å². The van der Waals surface area contributed by atoms with Crippen LogP contribution >= 0.6 is 0 Å². The van der Waals surface area contributed by atoms with Gasteiger partial charge in [-0.15, -0.1) is 0 Å². The zero-order chi connectivity index (χ0) is 17.8. The summed E-state index contributed by atoms with van der Waals surface area (Å²) in [6, 6.07) is 14.6. The van der Waals surface area contributed by atoms with E-state index in [4.69, 9.17) is 4.74 Å². The lowest BCUT2D eigenvalue weighted by Gasteiger charge is -2.24. The SMILES string of the molecule is O=C1c2ccccc2C(=O)c2c1cc1ccccc1c2OC(O)(O)O. The van der Waals surface area contributed by atoms with Crippen molar-refractivity contribution in [2.24, 2.45) is 0 Å². The van der Waals surface area contributed by atoms with Gasteiger partial charge in [-0.1, -0.05) is 48.5 Å². The molecule has 0 aliphatic heterocycles. The summed E-state index contributed by atoms with van der Waals surface area (Å²) in [4.78, 5) is 25.7. The van der Waals surface area contributed by atoms with Gasteiger partial charge in [0.2, 0.25) is 0 Å². The maximum atomic E-state index is 12.9. The van der Waals surface area contributed by atoms with Gasteiger partial charge in [0.25, 0.3) is 0 Å². The van der Waals surface area contributed by atoms with Gasteiger partial charge in [0.05, 0.1) is 5.56 Å². The molecule has 3 aromatic carbocycles. The second-order valence-corrected chi connectivity index (χ2v) is 5.73. The van der Waals surface area contributed by atoms with Gasteiger partial charge >= 0.3 is 6.16 Å². The van der Waals surface area contributed by atoms with E-state index in [9.17, 15) is 24.9 Å². The fourth-order valence-corrected chi connectivity index (χ4v) is 3.12. The van der Waals surface area contributed by atoms with Gasteiger partial charge in [-0.25, -0.2) is 0 Å². The van der Waals surface area contributed by atoms with E-state index in [1.807, 2.05) is 0 Å². The summed E-state index contributed by atoms with van der Waals surface area (Å²) in [6.07, 6.45) is -3.49. The number of carbonyl (C=O) groups excluding carboxylic acids is 2. The van der Waals surface area contributed by atoms with Gasteiger partial charge in [0.1, 0.15) is 5.75 Å². The highest BCUT2D eigenvalue weighted by atomic mass is 16.9. The number of carbonyl (C=O) groups is 2. The molecule has 0 unspecified atom stereocenters. The molecule has 124 valence electrons. The van der Waals surface area contributed by atoms with Crippen molar-refractivity contribution in [3.8, 4) is 5.75 Å². The number of benzene rings is 3. The summed E-state index contributed by atoms with van der Waals surface area (Å²) >= 11 is 0. The van der Waals surface area contributed by atoms with Crippen LogP contribution in [0.15, 0.2) is 54.6 Å². The molecule has 3 aromatic rings. The molecule has 0 radical (unpaired) electrons. The maximum absolute atomic E-state index is 12.9. The number of aliphatic hydroxyl groups is 3. The fourth-order valence-electron chi connectivity index (χ4n) is 3.12. The summed E-state index contributed by atoms with van der Waals surface area (Å²) in [7, 11) is 0. The quantitative estimate of drug-likeness (QED) is 0.480. The first-order valence-corrected chi connectivity index (χ1v) is 7.47. The molecule has 0 bridgehead atoms. The average Bonchev–Trinajstić information content (AvgIpc) is 2.58. The van der Waals surface area contributed by atoms with Crippen LogP contribution < -0.4 is 4.74 Å². The van der Waals surface area contributed by atoms with E-state index >= 15 is 0 Å². The number of hydrogen-bond acceptors (Lipinski definition) is 6. The minimum atomic E-state index is -3.49. The van der Waals surface area contributed by atoms with Crippen molar-refractivity contribution in [3.05, 3.63) is 76.9 Å². The summed E-state index contributed by atoms with van der Waals surface area (Å²) < 4.78 is 4.84. The van der Waals surface area contributed by atoms with E-state index in [-0.39, 0.29) is 33.8 Å². The van der Waals surface area contributed by atoms with Crippen LogP contribution in [-0.2, 0) is 0 Å². The van der Waals surface area contributed by atoms with Crippen molar-refractivity contribution >= 4 is 22.3 Å². The molecule has 25 heavy (non-hydrogen) atoms. The van der Waals surface area contributed by atoms with Crippen molar-refractivity contribution in [2.45, 2.75) is 6.16 Å².